The molecule has 6 heteroatoms. The predicted molar refractivity (Wildman–Crippen MR) is 100 cm³/mol. The third-order valence-corrected chi connectivity index (χ3v) is 4.81. The summed E-state index contributed by atoms with van der Waals surface area (Å²) in [6.45, 7) is 7.46. The first-order chi connectivity index (χ1) is 12.5. The van der Waals surface area contributed by atoms with Gasteiger partial charge in [0.05, 0.1) is 13.2 Å². The van der Waals surface area contributed by atoms with Crippen LogP contribution in [0.4, 0.5) is 0 Å². The van der Waals surface area contributed by atoms with Crippen LogP contribution in [0.25, 0.3) is 0 Å². The van der Waals surface area contributed by atoms with Crippen LogP contribution < -0.4 is 0 Å². The molecule has 2 heterocycles. The number of hydrogen-bond acceptors (Lipinski definition) is 4. The molecular weight excluding hydrogens is 328 g/mol. The van der Waals surface area contributed by atoms with Gasteiger partial charge in [-0.05, 0) is 19.4 Å². The number of morpholine rings is 1. The lowest BCUT2D eigenvalue weighted by molar-refractivity contribution is -0.152. The van der Waals surface area contributed by atoms with E-state index < -0.39 is 6.10 Å². The molecule has 0 radical (unpaired) electrons. The molecule has 3 rings (SSSR count). The minimum Gasteiger partial charge on any atom is -0.366 e. The van der Waals surface area contributed by atoms with Gasteiger partial charge in [0.25, 0.3) is 5.91 Å². The maximum atomic E-state index is 13.1. The van der Waals surface area contributed by atoms with E-state index in [0.717, 1.165) is 18.9 Å². The highest BCUT2D eigenvalue weighted by molar-refractivity contribution is 5.81. The Kier molecular flexibility index (Phi) is 6.06. The molecular formula is C20H28N4O2. The molecule has 0 N–H and O–H groups in total. The zero-order chi connectivity index (χ0) is 18.5. The predicted octanol–water partition coefficient (Wildman–Crippen LogP) is 2.06. The van der Waals surface area contributed by atoms with Gasteiger partial charge in [-0.25, -0.2) is 4.98 Å². The van der Waals surface area contributed by atoms with E-state index in [-0.39, 0.29) is 11.9 Å². The van der Waals surface area contributed by atoms with Crippen molar-refractivity contribution in [2.75, 3.05) is 19.7 Å². The fourth-order valence-electron chi connectivity index (χ4n) is 3.24. The Hall–Kier alpha value is -2.18. The van der Waals surface area contributed by atoms with Crippen LogP contribution in [0.2, 0.25) is 0 Å². The van der Waals surface area contributed by atoms with Gasteiger partial charge < -0.3 is 14.2 Å². The van der Waals surface area contributed by atoms with Crippen molar-refractivity contribution in [1.82, 2.24) is 19.4 Å². The molecule has 6 nitrogen and oxygen atoms in total. The Bertz CT molecular complexity index is 714. The van der Waals surface area contributed by atoms with Crippen molar-refractivity contribution in [2.45, 2.75) is 39.1 Å². The molecule has 1 aromatic carbocycles. The van der Waals surface area contributed by atoms with E-state index in [2.05, 4.69) is 22.0 Å². The maximum Gasteiger partial charge on any atom is 0.253 e. The fraction of sp³-hybridized carbons (Fsp3) is 0.500. The molecule has 26 heavy (non-hydrogen) atoms. The molecule has 0 spiro atoms. The summed E-state index contributed by atoms with van der Waals surface area (Å²) in [6.07, 6.45) is 3.24. The minimum atomic E-state index is -0.421. The first kappa shape index (κ1) is 18.6. The first-order valence-corrected chi connectivity index (χ1v) is 9.19. The van der Waals surface area contributed by atoms with Crippen LogP contribution in [-0.2, 0) is 29.7 Å². The van der Waals surface area contributed by atoms with E-state index in [1.165, 1.54) is 5.56 Å². The monoisotopic (exact) mass is 356 g/mol. The number of hydrogen-bond donors (Lipinski definition) is 0. The largest absolute Gasteiger partial charge is 0.366 e. The van der Waals surface area contributed by atoms with Crippen LogP contribution in [-0.4, -0.2) is 57.1 Å². The van der Waals surface area contributed by atoms with Gasteiger partial charge in [-0.3, -0.25) is 9.69 Å². The third kappa shape index (κ3) is 4.51. The molecule has 1 aromatic heterocycles. The van der Waals surface area contributed by atoms with Gasteiger partial charge in [0.15, 0.2) is 0 Å². The SMILES string of the molecule is CC(C)N(Cc1nccn1C)C(=O)C1CN(Cc2ccccc2)CCO1. The number of benzene rings is 1. The van der Waals surface area contributed by atoms with Crippen molar-refractivity contribution in [3.63, 3.8) is 0 Å². The number of carbonyl (C=O) groups excluding carboxylic acids is 1. The van der Waals surface area contributed by atoms with Gasteiger partial charge in [-0.2, -0.15) is 0 Å². The van der Waals surface area contributed by atoms with Crippen molar-refractivity contribution < 1.29 is 9.53 Å². The minimum absolute atomic E-state index is 0.0424. The van der Waals surface area contributed by atoms with Crippen LogP contribution in [0.5, 0.6) is 0 Å². The van der Waals surface area contributed by atoms with Gasteiger partial charge in [0.2, 0.25) is 0 Å². The van der Waals surface area contributed by atoms with E-state index >= 15 is 0 Å². The number of amides is 1. The topological polar surface area (TPSA) is 50.6 Å². The molecule has 1 unspecified atom stereocenters. The first-order valence-electron chi connectivity index (χ1n) is 9.19. The Labute approximate surface area is 155 Å². The van der Waals surface area contributed by atoms with Crippen molar-refractivity contribution in [2.24, 2.45) is 7.05 Å². The number of imidazole rings is 1. The molecule has 1 fully saturated rings. The van der Waals surface area contributed by atoms with E-state index in [1.807, 2.05) is 54.8 Å². The van der Waals surface area contributed by atoms with Crippen molar-refractivity contribution in [3.8, 4) is 0 Å². The Morgan fingerprint density at radius 1 is 1.35 bits per heavy atom. The molecule has 0 saturated carbocycles. The highest BCUT2D eigenvalue weighted by Crippen LogP contribution is 2.15. The third-order valence-electron chi connectivity index (χ3n) is 4.81. The van der Waals surface area contributed by atoms with Crippen molar-refractivity contribution in [1.29, 1.82) is 0 Å². The summed E-state index contributed by atoms with van der Waals surface area (Å²) in [5, 5.41) is 0. The number of aromatic nitrogens is 2. The smallest absolute Gasteiger partial charge is 0.253 e. The van der Waals surface area contributed by atoms with Gasteiger partial charge in [0.1, 0.15) is 11.9 Å². The highest BCUT2D eigenvalue weighted by atomic mass is 16.5. The molecule has 1 amide bonds. The molecule has 1 saturated heterocycles. The average Bonchev–Trinajstić information content (AvgIpc) is 3.05. The second-order valence-corrected chi connectivity index (χ2v) is 7.09. The molecule has 0 bridgehead atoms. The van der Waals surface area contributed by atoms with Gasteiger partial charge >= 0.3 is 0 Å². The summed E-state index contributed by atoms with van der Waals surface area (Å²) < 4.78 is 7.78. The van der Waals surface area contributed by atoms with Crippen molar-refractivity contribution in [3.05, 3.63) is 54.1 Å². The summed E-state index contributed by atoms with van der Waals surface area (Å²) in [5.74, 6) is 0.921. The standard InChI is InChI=1S/C20H28N4O2/c1-16(2)24(15-19-21-9-10-22(19)3)20(25)18-14-23(11-12-26-18)13-17-7-5-4-6-8-17/h4-10,16,18H,11-15H2,1-3H3. The molecule has 140 valence electrons. The lowest BCUT2D eigenvalue weighted by atomic mass is 10.1. The fourth-order valence-corrected chi connectivity index (χ4v) is 3.24. The lowest BCUT2D eigenvalue weighted by Gasteiger charge is -2.36. The van der Waals surface area contributed by atoms with Gasteiger partial charge in [-0.1, -0.05) is 30.3 Å². The zero-order valence-electron chi connectivity index (χ0n) is 15.8. The molecule has 1 aliphatic heterocycles. The summed E-state index contributed by atoms with van der Waals surface area (Å²) in [5.41, 5.74) is 1.26. The van der Waals surface area contributed by atoms with Crippen LogP contribution >= 0.6 is 0 Å². The van der Waals surface area contributed by atoms with Gasteiger partial charge in [0, 0.05) is 45.1 Å². The van der Waals surface area contributed by atoms with E-state index in [1.54, 1.807) is 6.20 Å². The zero-order valence-corrected chi connectivity index (χ0v) is 15.8. The van der Waals surface area contributed by atoms with E-state index in [9.17, 15) is 4.79 Å². The summed E-state index contributed by atoms with van der Waals surface area (Å²) in [4.78, 5) is 21.6. The van der Waals surface area contributed by atoms with Crippen molar-refractivity contribution >= 4 is 5.91 Å². The van der Waals surface area contributed by atoms with Gasteiger partial charge in [-0.15, -0.1) is 0 Å². The van der Waals surface area contributed by atoms with Crippen LogP contribution in [0.1, 0.15) is 25.2 Å². The molecule has 1 aliphatic rings. The van der Waals surface area contributed by atoms with E-state index in [0.29, 0.717) is 19.7 Å². The molecule has 2 aromatic rings. The van der Waals surface area contributed by atoms with Crippen LogP contribution in [0.15, 0.2) is 42.7 Å². The summed E-state index contributed by atoms with van der Waals surface area (Å²) in [6, 6.07) is 10.4. The number of nitrogens with zero attached hydrogens (tertiary/aromatic N) is 4. The second-order valence-electron chi connectivity index (χ2n) is 7.09. The average molecular weight is 356 g/mol. The Balaban J connectivity index is 1.65. The number of ether oxygens (including phenoxy) is 1. The Morgan fingerprint density at radius 2 is 2.12 bits per heavy atom. The maximum absolute atomic E-state index is 13.1. The quantitative estimate of drug-likeness (QED) is 0.795. The molecule has 1 atom stereocenters. The number of aryl methyl sites for hydroxylation is 1. The summed E-state index contributed by atoms with van der Waals surface area (Å²) in [7, 11) is 1.95. The van der Waals surface area contributed by atoms with Crippen LogP contribution in [0.3, 0.4) is 0 Å². The highest BCUT2D eigenvalue weighted by Gasteiger charge is 2.32. The number of rotatable bonds is 6. The number of carbonyl (C=O) groups is 1. The second kappa shape index (κ2) is 8.47. The van der Waals surface area contributed by atoms with E-state index in [4.69, 9.17) is 4.74 Å². The normalized spacial score (nSPS) is 18.2. The summed E-state index contributed by atoms with van der Waals surface area (Å²) >= 11 is 0. The lowest BCUT2D eigenvalue weighted by Crippen LogP contribution is -2.52. The Morgan fingerprint density at radius 3 is 2.77 bits per heavy atom. The molecule has 0 aliphatic carbocycles. The van der Waals surface area contributed by atoms with Crippen LogP contribution in [0, 0.1) is 0 Å².